The molecule has 0 aromatic carbocycles. The van der Waals surface area contributed by atoms with Crippen molar-refractivity contribution >= 4 is 14.0 Å². The fraction of sp³-hybridized carbons (Fsp3) is 0.929. The first-order chi connectivity index (χ1) is 9.40. The molecule has 0 saturated heterocycles. The van der Waals surface area contributed by atoms with Crippen LogP contribution in [0.1, 0.15) is 51.9 Å². The van der Waals surface area contributed by atoms with E-state index in [-0.39, 0.29) is 18.1 Å². The second kappa shape index (κ2) is 8.71. The minimum absolute atomic E-state index is 0.0171. The summed E-state index contributed by atoms with van der Waals surface area (Å²) in [4.78, 5) is 20.0. The smallest absolute Gasteiger partial charge is 0.481 e. The third-order valence-corrected chi connectivity index (χ3v) is 5.20. The van der Waals surface area contributed by atoms with Crippen LogP contribution in [0.25, 0.3) is 0 Å². The fourth-order valence-corrected chi connectivity index (χ4v) is 3.79. The van der Waals surface area contributed by atoms with Gasteiger partial charge in [0.25, 0.3) is 0 Å². The molecule has 0 aliphatic heterocycles. The molecule has 20 heavy (non-hydrogen) atoms. The number of hydrogen-bond donors (Lipinski definition) is 3. The third-order valence-electron chi connectivity index (χ3n) is 4.44. The van der Waals surface area contributed by atoms with Gasteiger partial charge in [-0.25, -0.2) is 0 Å². The summed E-state index contributed by atoms with van der Waals surface area (Å²) in [5.41, 5.74) is 6.20. The monoisotopic (exact) mass is 304 g/mol. The van der Waals surface area contributed by atoms with Crippen LogP contribution in [0.3, 0.4) is 0 Å². The zero-order chi connectivity index (χ0) is 15.1. The molecule has 0 aromatic rings. The molecule has 1 aliphatic rings. The van der Waals surface area contributed by atoms with Crippen molar-refractivity contribution in [3.63, 3.8) is 0 Å². The summed E-state index contributed by atoms with van der Waals surface area (Å²) in [6.07, 6.45) is 7.46. The number of carboxylic acids is 1. The summed E-state index contributed by atoms with van der Waals surface area (Å²) >= 11 is 0. The van der Waals surface area contributed by atoms with Crippen molar-refractivity contribution in [2.75, 3.05) is 6.16 Å². The van der Waals surface area contributed by atoms with Crippen LogP contribution in [-0.2, 0) is 9.36 Å². The first-order valence-corrected chi connectivity index (χ1v) is 8.91. The summed E-state index contributed by atoms with van der Waals surface area (Å²) in [7, 11) is -2.41. The lowest BCUT2D eigenvalue weighted by Gasteiger charge is -2.28. The standard InChI is InChI=1S/C14H26NO4P/c1-10(7-12(14(16)17)9-20(18)19)13(15)8-11-5-3-2-4-6-11/h10-13H,2-9,15H2,1H3,(H-,16,17,18,19)/p+1/t10?,12?,13-/m1/s1. The molecule has 1 rings (SSSR count). The van der Waals surface area contributed by atoms with Crippen molar-refractivity contribution in [3.05, 3.63) is 0 Å². The average Bonchev–Trinajstić information content (AvgIpc) is 2.38. The van der Waals surface area contributed by atoms with Crippen molar-refractivity contribution in [2.45, 2.75) is 57.9 Å². The van der Waals surface area contributed by atoms with E-state index in [2.05, 4.69) is 0 Å². The second-order valence-corrected chi connectivity index (χ2v) is 7.26. The molecule has 116 valence electrons. The Labute approximate surface area is 121 Å². The summed E-state index contributed by atoms with van der Waals surface area (Å²) in [6.45, 7) is 1.95. The molecule has 1 fully saturated rings. The lowest BCUT2D eigenvalue weighted by atomic mass is 9.80. The first kappa shape index (κ1) is 17.5. The molecular formula is C14H27NO4P+. The van der Waals surface area contributed by atoms with Gasteiger partial charge in [-0.3, -0.25) is 4.79 Å². The van der Waals surface area contributed by atoms with Crippen molar-refractivity contribution in [2.24, 2.45) is 23.5 Å². The van der Waals surface area contributed by atoms with E-state index in [9.17, 15) is 9.36 Å². The summed E-state index contributed by atoms with van der Waals surface area (Å²) in [5, 5.41) is 9.09. The van der Waals surface area contributed by atoms with E-state index in [0.29, 0.717) is 12.3 Å². The molecule has 0 spiro atoms. The van der Waals surface area contributed by atoms with Gasteiger partial charge in [0.05, 0.1) is 0 Å². The van der Waals surface area contributed by atoms with Crippen molar-refractivity contribution < 1.29 is 19.4 Å². The molecule has 5 nitrogen and oxygen atoms in total. The molecule has 6 heteroatoms. The highest BCUT2D eigenvalue weighted by Gasteiger charge is 2.31. The Balaban J connectivity index is 2.43. The van der Waals surface area contributed by atoms with E-state index in [1.165, 1.54) is 32.1 Å². The largest absolute Gasteiger partial charge is 0.506 e. The zero-order valence-corrected chi connectivity index (χ0v) is 13.1. The van der Waals surface area contributed by atoms with E-state index >= 15 is 0 Å². The number of carboxylic acid groups (broad SMARTS) is 1. The molecule has 0 aromatic heterocycles. The highest BCUT2D eigenvalue weighted by atomic mass is 31.1. The molecular weight excluding hydrogens is 277 g/mol. The van der Waals surface area contributed by atoms with Gasteiger partial charge in [0.2, 0.25) is 0 Å². The van der Waals surface area contributed by atoms with E-state index in [0.717, 1.165) is 6.42 Å². The zero-order valence-electron chi connectivity index (χ0n) is 12.2. The van der Waals surface area contributed by atoms with Crippen LogP contribution < -0.4 is 5.73 Å². The first-order valence-electron chi connectivity index (χ1n) is 7.52. The molecule has 0 amide bonds. The van der Waals surface area contributed by atoms with Crippen LogP contribution >= 0.6 is 8.03 Å². The minimum Gasteiger partial charge on any atom is -0.481 e. The van der Waals surface area contributed by atoms with Gasteiger partial charge >= 0.3 is 14.0 Å². The molecule has 0 radical (unpaired) electrons. The Kier molecular flexibility index (Phi) is 7.63. The van der Waals surface area contributed by atoms with Crippen molar-refractivity contribution in [1.29, 1.82) is 0 Å². The maximum Gasteiger partial charge on any atom is 0.506 e. The molecule has 1 aliphatic carbocycles. The third kappa shape index (κ3) is 6.29. The van der Waals surface area contributed by atoms with Crippen LogP contribution in [0, 0.1) is 17.8 Å². The second-order valence-electron chi connectivity index (χ2n) is 6.19. The average molecular weight is 304 g/mol. The van der Waals surface area contributed by atoms with Gasteiger partial charge in [0.1, 0.15) is 5.92 Å². The predicted octanol–water partition coefficient (Wildman–Crippen LogP) is 2.75. The normalized spacial score (nSPS) is 22.1. The molecule has 4 atom stereocenters. The molecule has 1 saturated carbocycles. The number of hydrogen-bond acceptors (Lipinski definition) is 3. The highest BCUT2D eigenvalue weighted by Crippen LogP contribution is 2.30. The maximum atomic E-state index is 11.1. The fourth-order valence-electron chi connectivity index (χ4n) is 3.11. The van der Waals surface area contributed by atoms with Gasteiger partial charge in [0, 0.05) is 6.04 Å². The Morgan fingerprint density at radius 1 is 1.35 bits per heavy atom. The Morgan fingerprint density at radius 2 is 1.95 bits per heavy atom. The van der Waals surface area contributed by atoms with Crippen LogP contribution in [0.15, 0.2) is 0 Å². The minimum atomic E-state index is -2.41. The molecule has 0 bridgehead atoms. The summed E-state index contributed by atoms with van der Waals surface area (Å²) in [6, 6.07) is -0.0171. The highest BCUT2D eigenvalue weighted by molar-refractivity contribution is 7.38. The number of aliphatic carboxylic acids is 1. The van der Waals surface area contributed by atoms with Crippen molar-refractivity contribution in [3.8, 4) is 0 Å². The summed E-state index contributed by atoms with van der Waals surface area (Å²) in [5.74, 6) is -1.04. The molecule has 4 N–H and O–H groups in total. The Bertz CT molecular complexity index is 331. The SMILES string of the molecule is CC(CC(C[P+](=O)O)C(=O)O)[C@H](N)CC1CCCCC1. The van der Waals surface area contributed by atoms with Crippen LogP contribution in [-0.4, -0.2) is 28.2 Å². The van der Waals surface area contributed by atoms with Crippen LogP contribution in [0.2, 0.25) is 0 Å². The predicted molar refractivity (Wildman–Crippen MR) is 78.8 cm³/mol. The lowest BCUT2D eigenvalue weighted by Crippen LogP contribution is -2.34. The quantitative estimate of drug-likeness (QED) is 0.599. The lowest BCUT2D eigenvalue weighted by molar-refractivity contribution is -0.141. The van der Waals surface area contributed by atoms with Gasteiger partial charge < -0.3 is 10.8 Å². The van der Waals surface area contributed by atoms with Gasteiger partial charge in [-0.05, 0) is 29.2 Å². The van der Waals surface area contributed by atoms with E-state index in [4.69, 9.17) is 15.7 Å². The number of rotatable bonds is 8. The van der Waals surface area contributed by atoms with Gasteiger partial charge in [-0.1, -0.05) is 39.0 Å². The van der Waals surface area contributed by atoms with Crippen LogP contribution in [0.4, 0.5) is 0 Å². The van der Waals surface area contributed by atoms with E-state index in [1.54, 1.807) is 0 Å². The van der Waals surface area contributed by atoms with Crippen LogP contribution in [0.5, 0.6) is 0 Å². The van der Waals surface area contributed by atoms with Crippen molar-refractivity contribution in [1.82, 2.24) is 0 Å². The molecule has 0 heterocycles. The van der Waals surface area contributed by atoms with Gasteiger partial charge in [0.15, 0.2) is 6.16 Å². The topological polar surface area (TPSA) is 101 Å². The Hall–Kier alpha value is -0.510. The maximum absolute atomic E-state index is 11.1. The summed E-state index contributed by atoms with van der Waals surface area (Å²) < 4.78 is 10.8. The van der Waals surface area contributed by atoms with Gasteiger partial charge in [-0.2, -0.15) is 4.89 Å². The van der Waals surface area contributed by atoms with E-state index in [1.807, 2.05) is 6.92 Å². The molecule has 3 unspecified atom stereocenters. The number of nitrogens with two attached hydrogens (primary N) is 1. The van der Waals surface area contributed by atoms with E-state index < -0.39 is 19.9 Å². The number of carbonyl (C=O) groups is 1. The Morgan fingerprint density at radius 3 is 2.45 bits per heavy atom. The van der Waals surface area contributed by atoms with Gasteiger partial charge in [-0.15, -0.1) is 0 Å².